The fraction of sp³-hybridized carbons (Fsp3) is 0.154. The lowest BCUT2D eigenvalue weighted by atomic mass is 10.3. The van der Waals surface area contributed by atoms with Gasteiger partial charge in [-0.1, -0.05) is 0 Å². The molecular weight excluding hydrogens is 262 g/mol. The molecule has 1 heterocycles. The molecule has 1 amide bonds. The van der Waals surface area contributed by atoms with Crippen molar-refractivity contribution in [3.8, 4) is 5.75 Å². The number of benzene rings is 1. The Morgan fingerprint density at radius 3 is 2.55 bits per heavy atom. The number of ether oxygens (including phenoxy) is 1. The SMILES string of the molecule is COc1ccc(NC(=O)Cn2ccc(=O)[nH]c2=O)cc1. The van der Waals surface area contributed by atoms with Gasteiger partial charge in [0.2, 0.25) is 5.91 Å². The first kappa shape index (κ1) is 13.6. The molecule has 0 saturated heterocycles. The second-order valence-electron chi connectivity index (χ2n) is 4.01. The number of H-pyrrole nitrogens is 1. The summed E-state index contributed by atoms with van der Waals surface area (Å²) in [4.78, 5) is 36.2. The van der Waals surface area contributed by atoms with Crippen LogP contribution in [0, 0.1) is 0 Å². The molecular formula is C13H13N3O4. The number of rotatable bonds is 4. The van der Waals surface area contributed by atoms with Crippen molar-refractivity contribution in [3.63, 3.8) is 0 Å². The van der Waals surface area contributed by atoms with Crippen LogP contribution in [-0.4, -0.2) is 22.6 Å². The summed E-state index contributed by atoms with van der Waals surface area (Å²) in [5.74, 6) is 0.309. The number of aromatic nitrogens is 2. The van der Waals surface area contributed by atoms with Crippen molar-refractivity contribution >= 4 is 11.6 Å². The van der Waals surface area contributed by atoms with Gasteiger partial charge < -0.3 is 10.1 Å². The van der Waals surface area contributed by atoms with Gasteiger partial charge in [0.1, 0.15) is 12.3 Å². The number of nitrogens with zero attached hydrogens (tertiary/aromatic N) is 1. The lowest BCUT2D eigenvalue weighted by molar-refractivity contribution is -0.116. The lowest BCUT2D eigenvalue weighted by Crippen LogP contribution is -2.32. The van der Waals surface area contributed by atoms with Gasteiger partial charge in [0.05, 0.1) is 7.11 Å². The third kappa shape index (κ3) is 3.35. The van der Waals surface area contributed by atoms with Gasteiger partial charge in [0.25, 0.3) is 5.56 Å². The molecule has 0 aliphatic carbocycles. The van der Waals surface area contributed by atoms with Crippen LogP contribution < -0.4 is 21.3 Å². The third-order valence-corrected chi connectivity index (χ3v) is 2.58. The Labute approximate surface area is 113 Å². The number of aromatic amines is 1. The molecule has 2 aromatic rings. The van der Waals surface area contributed by atoms with Crippen LogP contribution in [0.1, 0.15) is 0 Å². The molecule has 104 valence electrons. The highest BCUT2D eigenvalue weighted by molar-refractivity contribution is 5.90. The van der Waals surface area contributed by atoms with E-state index in [1.54, 1.807) is 31.4 Å². The molecule has 1 aromatic heterocycles. The highest BCUT2D eigenvalue weighted by Crippen LogP contribution is 2.14. The minimum absolute atomic E-state index is 0.179. The van der Waals surface area contributed by atoms with Gasteiger partial charge in [-0.2, -0.15) is 0 Å². The molecule has 0 unspecified atom stereocenters. The standard InChI is InChI=1S/C13H13N3O4/c1-20-10-4-2-9(3-5-10)14-12(18)8-16-7-6-11(17)15-13(16)19/h2-7H,8H2,1H3,(H,14,18)(H,15,17,19). The number of methoxy groups -OCH3 is 1. The molecule has 20 heavy (non-hydrogen) atoms. The van der Waals surface area contributed by atoms with E-state index >= 15 is 0 Å². The molecule has 0 bridgehead atoms. The topological polar surface area (TPSA) is 93.2 Å². The fourth-order valence-corrected chi connectivity index (χ4v) is 1.60. The Morgan fingerprint density at radius 2 is 1.95 bits per heavy atom. The van der Waals surface area contributed by atoms with Gasteiger partial charge in [-0.05, 0) is 24.3 Å². The molecule has 0 fully saturated rings. The maximum atomic E-state index is 11.8. The molecule has 0 atom stereocenters. The van der Waals surface area contributed by atoms with Crippen molar-refractivity contribution < 1.29 is 9.53 Å². The first-order chi connectivity index (χ1) is 9.58. The summed E-state index contributed by atoms with van der Waals surface area (Å²) in [5.41, 5.74) is -0.530. The van der Waals surface area contributed by atoms with Crippen LogP contribution in [0.4, 0.5) is 5.69 Å². The molecule has 0 spiro atoms. The predicted octanol–water partition coefficient (Wildman–Crippen LogP) is 0.184. The quantitative estimate of drug-likeness (QED) is 0.832. The molecule has 7 nitrogen and oxygen atoms in total. The molecule has 2 rings (SSSR count). The zero-order valence-electron chi connectivity index (χ0n) is 10.8. The number of hydrogen-bond acceptors (Lipinski definition) is 4. The lowest BCUT2D eigenvalue weighted by Gasteiger charge is -2.07. The number of carbonyl (C=O) groups excluding carboxylic acids is 1. The number of nitrogens with one attached hydrogen (secondary N) is 2. The number of hydrogen-bond donors (Lipinski definition) is 2. The van der Waals surface area contributed by atoms with Gasteiger partial charge in [-0.25, -0.2) is 4.79 Å². The number of anilines is 1. The first-order valence-electron chi connectivity index (χ1n) is 5.82. The molecule has 0 aliphatic rings. The summed E-state index contributed by atoms with van der Waals surface area (Å²) < 4.78 is 6.12. The molecule has 1 aromatic carbocycles. The van der Waals surface area contributed by atoms with E-state index in [0.29, 0.717) is 11.4 Å². The van der Waals surface area contributed by atoms with Crippen LogP contribution in [0.25, 0.3) is 0 Å². The van der Waals surface area contributed by atoms with Gasteiger partial charge in [-0.3, -0.25) is 19.1 Å². The Balaban J connectivity index is 2.04. The van der Waals surface area contributed by atoms with Crippen molar-refractivity contribution in [3.05, 3.63) is 57.4 Å². The zero-order chi connectivity index (χ0) is 14.5. The van der Waals surface area contributed by atoms with Crippen molar-refractivity contribution in [2.45, 2.75) is 6.54 Å². The largest absolute Gasteiger partial charge is 0.497 e. The van der Waals surface area contributed by atoms with E-state index in [9.17, 15) is 14.4 Å². The van der Waals surface area contributed by atoms with Crippen molar-refractivity contribution in [1.82, 2.24) is 9.55 Å². The van der Waals surface area contributed by atoms with E-state index < -0.39 is 11.2 Å². The Kier molecular flexibility index (Phi) is 3.99. The second kappa shape index (κ2) is 5.87. The zero-order valence-corrected chi connectivity index (χ0v) is 10.8. The second-order valence-corrected chi connectivity index (χ2v) is 4.01. The highest BCUT2D eigenvalue weighted by atomic mass is 16.5. The van der Waals surface area contributed by atoms with Crippen LogP contribution in [0.5, 0.6) is 5.75 Å². The fourth-order valence-electron chi connectivity index (χ4n) is 1.60. The Bertz CT molecular complexity index is 715. The third-order valence-electron chi connectivity index (χ3n) is 2.58. The molecule has 0 radical (unpaired) electrons. The van der Waals surface area contributed by atoms with E-state index in [2.05, 4.69) is 10.3 Å². The Hall–Kier alpha value is -2.83. The van der Waals surface area contributed by atoms with E-state index in [4.69, 9.17) is 4.74 Å². The summed E-state index contributed by atoms with van der Waals surface area (Å²) in [6.07, 6.45) is 1.27. The summed E-state index contributed by atoms with van der Waals surface area (Å²) in [5, 5.41) is 2.64. The van der Waals surface area contributed by atoms with Crippen molar-refractivity contribution in [1.29, 1.82) is 0 Å². The molecule has 0 aliphatic heterocycles. The minimum atomic E-state index is -0.623. The van der Waals surface area contributed by atoms with Gasteiger partial charge in [0.15, 0.2) is 0 Å². The molecule has 7 heteroatoms. The van der Waals surface area contributed by atoms with Gasteiger partial charge in [-0.15, -0.1) is 0 Å². The van der Waals surface area contributed by atoms with Crippen LogP contribution in [0.15, 0.2) is 46.1 Å². The highest BCUT2D eigenvalue weighted by Gasteiger charge is 2.05. The summed E-state index contributed by atoms with van der Waals surface area (Å²) in [6, 6.07) is 7.98. The van der Waals surface area contributed by atoms with Gasteiger partial charge >= 0.3 is 5.69 Å². The first-order valence-corrected chi connectivity index (χ1v) is 5.82. The van der Waals surface area contributed by atoms with E-state index in [0.717, 1.165) is 4.57 Å². The van der Waals surface area contributed by atoms with Crippen LogP contribution in [0.3, 0.4) is 0 Å². The summed E-state index contributed by atoms with van der Waals surface area (Å²) >= 11 is 0. The minimum Gasteiger partial charge on any atom is -0.497 e. The Morgan fingerprint density at radius 1 is 1.25 bits per heavy atom. The maximum absolute atomic E-state index is 11.8. The van der Waals surface area contributed by atoms with Crippen molar-refractivity contribution in [2.24, 2.45) is 0 Å². The smallest absolute Gasteiger partial charge is 0.328 e. The van der Waals surface area contributed by atoms with Crippen LogP contribution in [-0.2, 0) is 11.3 Å². The molecule has 2 N–H and O–H groups in total. The van der Waals surface area contributed by atoms with Crippen molar-refractivity contribution in [2.75, 3.05) is 12.4 Å². The van der Waals surface area contributed by atoms with Gasteiger partial charge in [0, 0.05) is 18.0 Å². The van der Waals surface area contributed by atoms with E-state index in [1.165, 1.54) is 12.3 Å². The van der Waals surface area contributed by atoms with Crippen LogP contribution >= 0.6 is 0 Å². The maximum Gasteiger partial charge on any atom is 0.328 e. The normalized spacial score (nSPS) is 10.1. The molecule has 0 saturated carbocycles. The average molecular weight is 275 g/mol. The van der Waals surface area contributed by atoms with Crippen LogP contribution in [0.2, 0.25) is 0 Å². The number of amides is 1. The van der Waals surface area contributed by atoms with E-state index in [1.807, 2.05) is 0 Å². The predicted molar refractivity (Wildman–Crippen MR) is 72.9 cm³/mol. The average Bonchev–Trinajstić information content (AvgIpc) is 2.43. The van der Waals surface area contributed by atoms with E-state index in [-0.39, 0.29) is 12.5 Å². The monoisotopic (exact) mass is 275 g/mol. The summed E-state index contributed by atoms with van der Waals surface area (Å²) in [6.45, 7) is -0.179. The summed E-state index contributed by atoms with van der Waals surface area (Å²) in [7, 11) is 1.55. The number of carbonyl (C=O) groups is 1.